The topological polar surface area (TPSA) is 100 Å². The third-order valence-corrected chi connectivity index (χ3v) is 7.04. The lowest BCUT2D eigenvalue weighted by molar-refractivity contribution is 0.0478. The maximum absolute atomic E-state index is 13.1. The lowest BCUT2D eigenvalue weighted by Crippen LogP contribution is -2.41. The molecule has 1 aliphatic heterocycles. The summed E-state index contributed by atoms with van der Waals surface area (Å²) in [5.74, 6) is 0.349. The van der Waals surface area contributed by atoms with Gasteiger partial charge in [-0.25, -0.2) is 4.79 Å². The molecule has 0 aliphatic carbocycles. The van der Waals surface area contributed by atoms with Crippen LogP contribution in [-0.2, 0) is 9.47 Å². The molecule has 1 heterocycles. The van der Waals surface area contributed by atoms with Crippen LogP contribution < -0.4 is 10.6 Å². The van der Waals surface area contributed by atoms with Gasteiger partial charge >= 0.3 is 6.09 Å². The summed E-state index contributed by atoms with van der Waals surface area (Å²) in [7, 11) is 3.41. The van der Waals surface area contributed by atoms with E-state index in [-0.39, 0.29) is 25.1 Å². The van der Waals surface area contributed by atoms with Crippen LogP contribution in [0, 0.1) is 12.8 Å². The van der Waals surface area contributed by atoms with Crippen molar-refractivity contribution < 1.29 is 24.2 Å². The van der Waals surface area contributed by atoms with Crippen molar-refractivity contribution >= 4 is 23.6 Å². The van der Waals surface area contributed by atoms with Crippen LogP contribution in [0.5, 0.6) is 0 Å². The van der Waals surface area contributed by atoms with Crippen molar-refractivity contribution in [2.24, 2.45) is 5.92 Å². The number of hydrogen-bond acceptors (Lipinski definition) is 5. The fourth-order valence-electron chi connectivity index (χ4n) is 4.52. The number of likely N-dealkylation sites (N-methyl/N-ethyl adjacent to an activating group) is 2. The highest BCUT2D eigenvalue weighted by Gasteiger charge is 2.22. The molecule has 3 rings (SSSR count). The molecule has 3 N–H and O–H groups in total. The lowest BCUT2D eigenvalue weighted by atomic mass is 9.94. The second kappa shape index (κ2) is 14.3. The Bertz CT molecular complexity index is 1040. The largest absolute Gasteiger partial charge is 0.465 e. The number of nitrogens with zero attached hydrogens (tertiary/aromatic N) is 1. The summed E-state index contributed by atoms with van der Waals surface area (Å²) in [6.07, 6.45) is 1.66. The molecule has 9 heteroatoms. The first-order valence-electron chi connectivity index (χ1n) is 12.7. The van der Waals surface area contributed by atoms with E-state index < -0.39 is 12.2 Å². The van der Waals surface area contributed by atoms with Gasteiger partial charge in [0.1, 0.15) is 6.10 Å². The number of carbonyl (C=O) groups excluding carboxylic acids is 1. The molecule has 1 aliphatic rings. The third kappa shape index (κ3) is 8.71. The van der Waals surface area contributed by atoms with Gasteiger partial charge in [0.25, 0.3) is 5.91 Å². The Morgan fingerprint density at radius 1 is 1.27 bits per heavy atom. The SMILES string of the molecule is CN[C@H](CNC(=O)c1ccc(C)c([C@@H](OCCN(C)C(=O)O)c2cccc(Cl)c2)c1)C[C@H]1CCCOC1. The minimum atomic E-state index is -1.02. The zero-order valence-corrected chi connectivity index (χ0v) is 22.6. The van der Waals surface area contributed by atoms with Crippen LogP contribution in [-0.4, -0.2) is 75.1 Å². The summed E-state index contributed by atoms with van der Waals surface area (Å²) in [4.78, 5) is 25.5. The quantitative estimate of drug-likeness (QED) is 0.373. The van der Waals surface area contributed by atoms with Crippen LogP contribution in [0.4, 0.5) is 4.79 Å². The van der Waals surface area contributed by atoms with E-state index >= 15 is 0 Å². The number of halogens is 1. The number of carbonyl (C=O) groups is 2. The molecule has 1 saturated heterocycles. The van der Waals surface area contributed by atoms with Crippen molar-refractivity contribution in [1.82, 2.24) is 15.5 Å². The molecule has 2 aromatic carbocycles. The number of nitrogens with one attached hydrogen (secondary N) is 2. The first kappa shape index (κ1) is 28.9. The molecule has 8 nitrogen and oxygen atoms in total. The van der Waals surface area contributed by atoms with Crippen LogP contribution in [0.15, 0.2) is 42.5 Å². The number of aryl methyl sites for hydroxylation is 1. The van der Waals surface area contributed by atoms with E-state index in [1.807, 2.05) is 50.4 Å². The molecule has 1 fully saturated rings. The van der Waals surface area contributed by atoms with Gasteiger partial charge in [0.15, 0.2) is 0 Å². The van der Waals surface area contributed by atoms with Crippen LogP contribution in [0.1, 0.15) is 52.4 Å². The monoisotopic (exact) mass is 531 g/mol. The summed E-state index contributed by atoms with van der Waals surface area (Å²) >= 11 is 6.26. The van der Waals surface area contributed by atoms with Crippen molar-refractivity contribution in [3.05, 3.63) is 69.7 Å². The van der Waals surface area contributed by atoms with Gasteiger partial charge in [-0.1, -0.05) is 29.8 Å². The molecule has 0 saturated carbocycles. The predicted molar refractivity (Wildman–Crippen MR) is 144 cm³/mol. The van der Waals surface area contributed by atoms with E-state index in [1.54, 1.807) is 6.07 Å². The summed E-state index contributed by atoms with van der Waals surface area (Å²) in [5, 5.41) is 16.1. The maximum Gasteiger partial charge on any atom is 0.407 e. The molecule has 202 valence electrons. The van der Waals surface area contributed by atoms with Crippen molar-refractivity contribution in [3.8, 4) is 0 Å². The van der Waals surface area contributed by atoms with E-state index in [4.69, 9.17) is 26.2 Å². The predicted octanol–water partition coefficient (Wildman–Crippen LogP) is 4.50. The minimum Gasteiger partial charge on any atom is -0.465 e. The van der Waals surface area contributed by atoms with E-state index in [0.29, 0.717) is 23.0 Å². The number of benzene rings is 2. The fourth-order valence-corrected chi connectivity index (χ4v) is 4.72. The van der Waals surface area contributed by atoms with Gasteiger partial charge in [0.2, 0.25) is 0 Å². The summed E-state index contributed by atoms with van der Waals surface area (Å²) in [5.41, 5.74) is 3.15. The lowest BCUT2D eigenvalue weighted by Gasteiger charge is -2.26. The normalized spacial score (nSPS) is 17.1. The van der Waals surface area contributed by atoms with Crippen molar-refractivity contribution in [2.75, 3.05) is 47.0 Å². The molecule has 0 bridgehead atoms. The highest BCUT2D eigenvalue weighted by molar-refractivity contribution is 6.30. The van der Waals surface area contributed by atoms with Crippen molar-refractivity contribution in [2.45, 2.75) is 38.3 Å². The van der Waals surface area contributed by atoms with Gasteiger partial charge in [-0.15, -0.1) is 0 Å². The van der Waals surface area contributed by atoms with Crippen molar-refractivity contribution in [1.29, 1.82) is 0 Å². The zero-order chi connectivity index (χ0) is 26.8. The van der Waals surface area contributed by atoms with E-state index in [2.05, 4.69) is 10.6 Å². The first-order valence-corrected chi connectivity index (χ1v) is 13.1. The van der Waals surface area contributed by atoms with E-state index in [0.717, 1.165) is 49.2 Å². The van der Waals surface area contributed by atoms with Gasteiger partial charge in [-0.2, -0.15) is 0 Å². The van der Waals surface area contributed by atoms with E-state index in [9.17, 15) is 9.59 Å². The molecule has 0 aromatic heterocycles. The highest BCUT2D eigenvalue weighted by atomic mass is 35.5. The molecular weight excluding hydrogens is 494 g/mol. The van der Waals surface area contributed by atoms with Gasteiger partial charge < -0.3 is 30.1 Å². The molecule has 0 radical (unpaired) electrons. The molecule has 2 aromatic rings. The average molecular weight is 532 g/mol. The third-order valence-electron chi connectivity index (χ3n) is 6.80. The maximum atomic E-state index is 13.1. The minimum absolute atomic E-state index is 0.156. The second-order valence-electron chi connectivity index (χ2n) is 9.60. The average Bonchev–Trinajstić information content (AvgIpc) is 2.89. The number of rotatable bonds is 12. The summed E-state index contributed by atoms with van der Waals surface area (Å²) in [6.45, 7) is 4.49. The smallest absolute Gasteiger partial charge is 0.407 e. The molecular formula is C28H38ClN3O5. The second-order valence-corrected chi connectivity index (χ2v) is 10.0. The molecule has 3 atom stereocenters. The number of amides is 2. The Morgan fingerprint density at radius 3 is 2.76 bits per heavy atom. The fraction of sp³-hybridized carbons (Fsp3) is 0.500. The van der Waals surface area contributed by atoms with Gasteiger partial charge in [0.05, 0.1) is 6.61 Å². The molecule has 37 heavy (non-hydrogen) atoms. The van der Waals surface area contributed by atoms with Gasteiger partial charge in [0, 0.05) is 50.0 Å². The van der Waals surface area contributed by atoms with Crippen LogP contribution >= 0.6 is 11.6 Å². The first-order chi connectivity index (χ1) is 17.8. The van der Waals surface area contributed by atoms with Crippen molar-refractivity contribution in [3.63, 3.8) is 0 Å². The number of ether oxygens (including phenoxy) is 2. The Hall–Kier alpha value is -2.65. The summed E-state index contributed by atoms with van der Waals surface area (Å²) in [6, 6.07) is 13.1. The molecule has 0 spiro atoms. The number of carboxylic acid groups (broad SMARTS) is 1. The number of hydrogen-bond donors (Lipinski definition) is 3. The molecule has 0 unspecified atom stereocenters. The van der Waals surface area contributed by atoms with Gasteiger partial charge in [-0.3, -0.25) is 4.79 Å². The van der Waals surface area contributed by atoms with E-state index in [1.165, 1.54) is 11.9 Å². The van der Waals surface area contributed by atoms with Gasteiger partial charge in [-0.05, 0) is 80.1 Å². The Kier molecular flexibility index (Phi) is 11.2. The Morgan fingerprint density at radius 2 is 2.08 bits per heavy atom. The summed E-state index contributed by atoms with van der Waals surface area (Å²) < 4.78 is 11.8. The highest BCUT2D eigenvalue weighted by Crippen LogP contribution is 2.31. The van der Waals surface area contributed by atoms with Crippen LogP contribution in [0.2, 0.25) is 5.02 Å². The standard InChI is InChI=1S/C28H38ClN3O5/c1-19-9-10-22(27(33)31-17-24(30-2)14-20-6-5-12-36-18-20)16-25(19)26(21-7-4-8-23(29)15-21)37-13-11-32(3)28(34)35/h4,7-10,15-16,20,24,26,30H,5-6,11-14,17-18H2,1-3H3,(H,31,33)(H,34,35)/t20-,24+,26+/m1/s1. The Labute approximate surface area is 224 Å². The molecule has 2 amide bonds. The zero-order valence-electron chi connectivity index (χ0n) is 21.8. The van der Waals surface area contributed by atoms with Crippen LogP contribution in [0.25, 0.3) is 0 Å². The van der Waals surface area contributed by atoms with Crippen LogP contribution in [0.3, 0.4) is 0 Å². The Balaban J connectivity index is 1.74.